The molecule has 3 aromatic rings. The van der Waals surface area contributed by atoms with Crippen LogP contribution in [0.3, 0.4) is 0 Å². The zero-order chi connectivity index (χ0) is 18.7. The molecule has 0 aliphatic rings. The molecular weight excluding hydrogens is 354 g/mol. The van der Waals surface area contributed by atoms with Crippen molar-refractivity contribution in [3.63, 3.8) is 0 Å². The Bertz CT molecular complexity index is 951. The van der Waals surface area contributed by atoms with Crippen LogP contribution in [0.1, 0.15) is 34.6 Å². The molecule has 1 aromatic carbocycles. The van der Waals surface area contributed by atoms with Crippen LogP contribution < -0.4 is 10.1 Å². The van der Waals surface area contributed by atoms with Crippen LogP contribution in [-0.4, -0.2) is 33.6 Å². The van der Waals surface area contributed by atoms with Gasteiger partial charge in [-0.1, -0.05) is 25.2 Å². The van der Waals surface area contributed by atoms with Gasteiger partial charge in [0.15, 0.2) is 5.13 Å². The number of nitrogens with one attached hydrogen (secondary N) is 1. The quantitative estimate of drug-likeness (QED) is 0.685. The molecule has 8 heteroatoms. The van der Waals surface area contributed by atoms with Crippen molar-refractivity contribution in [1.29, 1.82) is 0 Å². The number of carboxylic acids is 1. The number of hydrogen-bond donors (Lipinski definition) is 2. The van der Waals surface area contributed by atoms with E-state index in [2.05, 4.69) is 15.3 Å². The molecule has 0 atom stereocenters. The summed E-state index contributed by atoms with van der Waals surface area (Å²) in [6, 6.07) is 7.92. The van der Waals surface area contributed by atoms with Crippen molar-refractivity contribution in [2.45, 2.75) is 13.8 Å². The van der Waals surface area contributed by atoms with Crippen LogP contribution in [0, 0.1) is 5.92 Å². The predicted octanol–water partition coefficient (Wildman–Crippen LogP) is 3.68. The number of aromatic nitrogens is 2. The summed E-state index contributed by atoms with van der Waals surface area (Å²) in [5, 5.41) is 12.1. The van der Waals surface area contributed by atoms with Gasteiger partial charge in [-0.3, -0.25) is 10.1 Å². The lowest BCUT2D eigenvalue weighted by Gasteiger charge is -2.07. The Labute approximate surface area is 153 Å². The summed E-state index contributed by atoms with van der Waals surface area (Å²) in [4.78, 5) is 31.8. The molecule has 3 rings (SSSR count). The first kappa shape index (κ1) is 17.8. The summed E-state index contributed by atoms with van der Waals surface area (Å²) >= 11 is 1.21. The summed E-state index contributed by atoms with van der Waals surface area (Å²) in [6.45, 7) is 4.64. The maximum atomic E-state index is 12.3. The summed E-state index contributed by atoms with van der Waals surface area (Å²) in [5.74, 6) is -0.487. The molecule has 0 saturated heterocycles. The number of benzene rings is 1. The Morgan fingerprint density at radius 1 is 1.23 bits per heavy atom. The fraction of sp³-hybridized carbons (Fsp3) is 0.222. The number of amides is 1. The van der Waals surface area contributed by atoms with Crippen LogP contribution in [-0.2, 0) is 0 Å². The lowest BCUT2D eigenvalue weighted by atomic mass is 10.2. The third-order valence-electron chi connectivity index (χ3n) is 3.42. The van der Waals surface area contributed by atoms with Crippen molar-refractivity contribution in [2.75, 3.05) is 11.9 Å². The lowest BCUT2D eigenvalue weighted by molar-refractivity contribution is 0.0697. The number of aromatic carboxylic acids is 1. The second kappa shape index (κ2) is 7.49. The lowest BCUT2D eigenvalue weighted by Crippen LogP contribution is -2.12. The normalized spacial score (nSPS) is 10.9. The first-order valence-electron chi connectivity index (χ1n) is 7.96. The highest BCUT2D eigenvalue weighted by Gasteiger charge is 2.12. The molecule has 0 radical (unpaired) electrons. The van der Waals surface area contributed by atoms with Gasteiger partial charge in [0.2, 0.25) is 5.88 Å². The summed E-state index contributed by atoms with van der Waals surface area (Å²) < 4.78 is 6.18. The molecule has 0 spiro atoms. The van der Waals surface area contributed by atoms with E-state index in [0.29, 0.717) is 39.3 Å². The minimum absolute atomic E-state index is 0.181. The fourth-order valence-corrected chi connectivity index (χ4v) is 3.03. The van der Waals surface area contributed by atoms with Crippen LogP contribution in [0.4, 0.5) is 5.13 Å². The van der Waals surface area contributed by atoms with Gasteiger partial charge >= 0.3 is 5.97 Å². The summed E-state index contributed by atoms with van der Waals surface area (Å²) in [5.41, 5.74) is 1.19. The van der Waals surface area contributed by atoms with Crippen LogP contribution >= 0.6 is 11.3 Å². The second-order valence-corrected chi connectivity index (χ2v) is 7.08. The Morgan fingerprint density at radius 2 is 2.00 bits per heavy atom. The Hall–Kier alpha value is -3.00. The molecule has 2 N–H and O–H groups in total. The molecule has 134 valence electrons. The van der Waals surface area contributed by atoms with Crippen molar-refractivity contribution in [3.8, 4) is 5.88 Å². The van der Waals surface area contributed by atoms with Crippen molar-refractivity contribution in [2.24, 2.45) is 5.92 Å². The number of ether oxygens (including phenoxy) is 1. The molecule has 0 fully saturated rings. The highest BCUT2D eigenvalue weighted by Crippen LogP contribution is 2.27. The van der Waals surface area contributed by atoms with Crippen molar-refractivity contribution < 1.29 is 19.4 Å². The van der Waals surface area contributed by atoms with Gasteiger partial charge in [0.25, 0.3) is 5.91 Å². The van der Waals surface area contributed by atoms with E-state index < -0.39 is 5.97 Å². The van der Waals surface area contributed by atoms with E-state index in [0.717, 1.165) is 0 Å². The molecule has 1 amide bonds. The molecule has 0 aliphatic heterocycles. The third-order valence-corrected chi connectivity index (χ3v) is 4.35. The first-order chi connectivity index (χ1) is 12.4. The zero-order valence-electron chi connectivity index (χ0n) is 14.2. The Balaban J connectivity index is 1.71. The van der Waals surface area contributed by atoms with Gasteiger partial charge in [0.05, 0.1) is 28.0 Å². The average Bonchev–Trinajstić information content (AvgIpc) is 3.01. The number of carbonyl (C=O) groups excluding carboxylic acids is 1. The van der Waals surface area contributed by atoms with Gasteiger partial charge in [-0.2, -0.15) is 0 Å². The maximum absolute atomic E-state index is 12.3. The standard InChI is InChI=1S/C18H17N3O4S/c1-10(2)9-25-15-6-4-12(8-19-15)16(22)21-18-20-13-5-3-11(17(23)24)7-14(13)26-18/h3-8,10H,9H2,1-2H3,(H,23,24)(H,20,21,22). The van der Waals surface area contributed by atoms with Crippen LogP contribution in [0.5, 0.6) is 5.88 Å². The van der Waals surface area contributed by atoms with Crippen molar-refractivity contribution in [3.05, 3.63) is 47.7 Å². The van der Waals surface area contributed by atoms with Gasteiger partial charge < -0.3 is 9.84 Å². The van der Waals surface area contributed by atoms with Crippen LogP contribution in [0.25, 0.3) is 10.2 Å². The maximum Gasteiger partial charge on any atom is 0.335 e. The molecule has 0 aliphatic carbocycles. The minimum atomic E-state index is -1.00. The smallest absolute Gasteiger partial charge is 0.335 e. The van der Waals surface area contributed by atoms with Gasteiger partial charge in [0, 0.05) is 12.3 Å². The molecule has 2 heterocycles. The number of thiazole rings is 1. The number of nitrogens with zero attached hydrogens (tertiary/aromatic N) is 2. The monoisotopic (exact) mass is 371 g/mol. The number of pyridine rings is 1. The average molecular weight is 371 g/mol. The summed E-state index contributed by atoms with van der Waals surface area (Å²) in [6.07, 6.45) is 1.45. The van der Waals surface area contributed by atoms with E-state index in [4.69, 9.17) is 9.84 Å². The van der Waals surface area contributed by atoms with E-state index >= 15 is 0 Å². The zero-order valence-corrected chi connectivity index (χ0v) is 15.0. The van der Waals surface area contributed by atoms with E-state index in [1.54, 1.807) is 18.2 Å². The largest absolute Gasteiger partial charge is 0.478 e. The highest BCUT2D eigenvalue weighted by molar-refractivity contribution is 7.22. The molecule has 0 bridgehead atoms. The fourth-order valence-electron chi connectivity index (χ4n) is 2.13. The van der Waals surface area contributed by atoms with Gasteiger partial charge in [-0.25, -0.2) is 14.8 Å². The van der Waals surface area contributed by atoms with Crippen molar-refractivity contribution in [1.82, 2.24) is 9.97 Å². The van der Waals surface area contributed by atoms with E-state index in [9.17, 15) is 9.59 Å². The topological polar surface area (TPSA) is 101 Å². The molecule has 0 unspecified atom stereocenters. The molecule has 2 aromatic heterocycles. The highest BCUT2D eigenvalue weighted by atomic mass is 32.1. The number of hydrogen-bond acceptors (Lipinski definition) is 6. The van der Waals surface area contributed by atoms with Gasteiger partial charge in [-0.05, 0) is 30.2 Å². The Morgan fingerprint density at radius 3 is 2.65 bits per heavy atom. The number of rotatable bonds is 6. The van der Waals surface area contributed by atoms with E-state index in [-0.39, 0.29) is 11.5 Å². The molecule has 7 nitrogen and oxygen atoms in total. The van der Waals surface area contributed by atoms with Crippen molar-refractivity contribution >= 4 is 38.6 Å². The minimum Gasteiger partial charge on any atom is -0.478 e. The number of carboxylic acid groups (broad SMARTS) is 1. The SMILES string of the molecule is CC(C)COc1ccc(C(=O)Nc2nc3ccc(C(=O)O)cc3s2)cn1. The molecule has 0 saturated carbocycles. The third kappa shape index (κ3) is 4.15. The number of fused-ring (bicyclic) bond motifs is 1. The van der Waals surface area contributed by atoms with E-state index in [1.165, 1.54) is 29.7 Å². The molecule has 26 heavy (non-hydrogen) atoms. The Kier molecular flexibility index (Phi) is 5.13. The number of carbonyl (C=O) groups is 2. The van der Waals surface area contributed by atoms with Crippen LogP contribution in [0.15, 0.2) is 36.5 Å². The predicted molar refractivity (Wildman–Crippen MR) is 99.1 cm³/mol. The van der Waals surface area contributed by atoms with E-state index in [1.807, 2.05) is 13.8 Å². The first-order valence-corrected chi connectivity index (χ1v) is 8.78. The van der Waals surface area contributed by atoms with Gasteiger partial charge in [0.1, 0.15) is 0 Å². The number of anilines is 1. The second-order valence-electron chi connectivity index (χ2n) is 6.05. The van der Waals surface area contributed by atoms with Crippen LogP contribution in [0.2, 0.25) is 0 Å². The summed E-state index contributed by atoms with van der Waals surface area (Å²) in [7, 11) is 0. The van der Waals surface area contributed by atoms with Gasteiger partial charge in [-0.15, -0.1) is 0 Å². The molecular formula is C18H17N3O4S.